The van der Waals surface area contributed by atoms with Gasteiger partial charge in [-0.15, -0.1) is 6.58 Å². The van der Waals surface area contributed by atoms with E-state index < -0.39 is 0 Å². The molecule has 180 valence electrons. The molecule has 6 heteroatoms. The summed E-state index contributed by atoms with van der Waals surface area (Å²) in [5, 5.41) is 0. The van der Waals surface area contributed by atoms with Crippen molar-refractivity contribution < 1.29 is 23.7 Å². The number of carbonyl (C=O) groups is 1. The molecule has 2 saturated carbocycles. The van der Waals surface area contributed by atoms with Gasteiger partial charge in [-0.1, -0.05) is 18.2 Å². The molecule has 0 aromatic heterocycles. The average Bonchev–Trinajstić information content (AvgIpc) is 3.66. The Morgan fingerprint density at radius 2 is 1.88 bits per heavy atom. The van der Waals surface area contributed by atoms with Crippen molar-refractivity contribution >= 4 is 5.91 Å². The molecule has 0 N–H and O–H groups in total. The zero-order chi connectivity index (χ0) is 23.0. The van der Waals surface area contributed by atoms with Gasteiger partial charge in [0.25, 0.3) is 5.91 Å². The Labute approximate surface area is 197 Å². The molecule has 1 aromatic rings. The molecule has 0 radical (unpaired) electrons. The number of ether oxygens (including phenoxy) is 4. The number of rotatable bonds is 12. The molecule has 4 rings (SSSR count). The highest BCUT2D eigenvalue weighted by Gasteiger charge is 2.37. The first-order chi connectivity index (χ1) is 16.2. The van der Waals surface area contributed by atoms with Crippen LogP contribution in [-0.2, 0) is 19.0 Å². The molecule has 1 saturated heterocycles. The van der Waals surface area contributed by atoms with Gasteiger partial charge in [-0.25, -0.2) is 0 Å². The molecule has 3 fully saturated rings. The predicted molar refractivity (Wildman–Crippen MR) is 127 cm³/mol. The minimum absolute atomic E-state index is 0.0821. The van der Waals surface area contributed by atoms with E-state index in [1.54, 1.807) is 12.2 Å². The fourth-order valence-corrected chi connectivity index (χ4v) is 4.42. The molecule has 1 aromatic carbocycles. The van der Waals surface area contributed by atoms with Crippen molar-refractivity contribution in [2.45, 2.75) is 76.2 Å². The first-order valence-corrected chi connectivity index (χ1v) is 12.4. The molecule has 1 unspecified atom stereocenters. The number of benzene rings is 1. The zero-order valence-electron chi connectivity index (χ0n) is 19.7. The Hall–Kier alpha value is -2.15. The smallest absolute Gasteiger partial charge is 0.289 e. The maximum absolute atomic E-state index is 13.2. The summed E-state index contributed by atoms with van der Waals surface area (Å²) in [5.74, 6) is 1.63. The summed E-state index contributed by atoms with van der Waals surface area (Å²) in [7, 11) is 0. The third kappa shape index (κ3) is 6.69. The number of amides is 1. The van der Waals surface area contributed by atoms with Gasteiger partial charge in [0, 0.05) is 19.2 Å². The van der Waals surface area contributed by atoms with Gasteiger partial charge in [-0.3, -0.25) is 4.79 Å². The van der Waals surface area contributed by atoms with E-state index in [1.165, 1.54) is 18.4 Å². The molecule has 1 aliphatic heterocycles. The molecular weight excluding hydrogens is 418 g/mol. The van der Waals surface area contributed by atoms with Crippen LogP contribution < -0.4 is 4.74 Å². The van der Waals surface area contributed by atoms with Crippen LogP contribution in [0.2, 0.25) is 0 Å². The molecule has 1 atom stereocenters. The summed E-state index contributed by atoms with van der Waals surface area (Å²) >= 11 is 0. The van der Waals surface area contributed by atoms with Crippen LogP contribution >= 0.6 is 0 Å². The molecule has 2 aliphatic carbocycles. The monoisotopic (exact) mass is 455 g/mol. The normalized spacial score (nSPS) is 25.2. The van der Waals surface area contributed by atoms with Gasteiger partial charge in [0.15, 0.2) is 12.0 Å². The van der Waals surface area contributed by atoms with E-state index in [0.717, 1.165) is 38.7 Å². The van der Waals surface area contributed by atoms with E-state index in [2.05, 4.69) is 18.7 Å². The fourth-order valence-electron chi connectivity index (χ4n) is 4.42. The first kappa shape index (κ1) is 24.0. The molecule has 6 nitrogen and oxygen atoms in total. The Kier molecular flexibility index (Phi) is 8.59. The lowest BCUT2D eigenvalue weighted by atomic mass is 9.87. The van der Waals surface area contributed by atoms with Crippen LogP contribution in [0.25, 0.3) is 0 Å². The largest absolute Gasteiger partial charge is 0.452 e. The Morgan fingerprint density at radius 1 is 1.12 bits per heavy atom. The molecule has 0 bridgehead atoms. The lowest BCUT2D eigenvalue weighted by Crippen LogP contribution is -2.51. The lowest BCUT2D eigenvalue weighted by molar-refractivity contribution is -0.175. The predicted octanol–water partition coefficient (Wildman–Crippen LogP) is 4.95. The van der Waals surface area contributed by atoms with Crippen molar-refractivity contribution in [2.75, 3.05) is 26.4 Å². The summed E-state index contributed by atoms with van der Waals surface area (Å²) in [5.41, 5.74) is 1.35. The van der Waals surface area contributed by atoms with Crippen LogP contribution in [0.5, 0.6) is 5.75 Å². The third-order valence-corrected chi connectivity index (χ3v) is 6.61. The highest BCUT2D eigenvalue weighted by Crippen LogP contribution is 2.40. The fraction of sp³-hybridized carbons (Fsp3) is 0.593. The number of hydrogen-bond donors (Lipinski definition) is 0. The number of hydrogen-bond acceptors (Lipinski definition) is 5. The molecule has 3 aliphatic rings. The topological polar surface area (TPSA) is 57.2 Å². The Bertz CT molecular complexity index is 804. The standard InChI is InChI=1S/C27H37NO5/c1-3-14-28(22-18-24(19-22)30-16-17-32-26-7-5-6-15-31-26)27(29)25(4-2)33-23-12-10-21(11-13-23)20-8-9-20/h3-4,10-13,20,22,24,26H,1,5-9,14-19H2,2H3/b25-4-/t22-,24+,26?. The maximum atomic E-state index is 13.2. The minimum Gasteiger partial charge on any atom is -0.452 e. The summed E-state index contributed by atoms with van der Waals surface area (Å²) in [6, 6.07) is 8.24. The molecular formula is C27H37NO5. The number of carbonyl (C=O) groups excluding carboxylic acids is 1. The first-order valence-electron chi connectivity index (χ1n) is 12.4. The molecule has 33 heavy (non-hydrogen) atoms. The van der Waals surface area contributed by atoms with Crippen molar-refractivity contribution in [3.05, 3.63) is 54.3 Å². The van der Waals surface area contributed by atoms with Crippen LogP contribution in [0, 0.1) is 0 Å². The number of allylic oxidation sites excluding steroid dienone is 1. The molecule has 1 amide bonds. The van der Waals surface area contributed by atoms with Crippen molar-refractivity contribution in [1.29, 1.82) is 0 Å². The van der Waals surface area contributed by atoms with Crippen LogP contribution in [0.4, 0.5) is 0 Å². The van der Waals surface area contributed by atoms with Gasteiger partial charge in [0.1, 0.15) is 5.75 Å². The third-order valence-electron chi connectivity index (χ3n) is 6.61. The maximum Gasteiger partial charge on any atom is 0.289 e. The molecule has 0 spiro atoms. The van der Waals surface area contributed by atoms with E-state index in [1.807, 2.05) is 24.0 Å². The summed E-state index contributed by atoms with van der Waals surface area (Å²) in [6.07, 6.45) is 11.0. The van der Waals surface area contributed by atoms with Crippen LogP contribution in [-0.4, -0.2) is 55.6 Å². The Balaban J connectivity index is 1.22. The summed E-state index contributed by atoms with van der Waals surface area (Å²) in [6.45, 7) is 8.03. The van der Waals surface area contributed by atoms with Crippen LogP contribution in [0.3, 0.4) is 0 Å². The SMILES string of the molecule is C=CCN(C(=O)/C(=C/C)Oc1ccc(C2CC2)cc1)[C@H]1C[C@@H](OCCOC2CCCCO2)C1. The van der Waals surface area contributed by atoms with Gasteiger partial charge in [-0.05, 0) is 81.6 Å². The van der Waals surface area contributed by atoms with Crippen molar-refractivity contribution in [2.24, 2.45) is 0 Å². The van der Waals surface area contributed by atoms with Crippen LogP contribution in [0.1, 0.15) is 63.4 Å². The van der Waals surface area contributed by atoms with Crippen LogP contribution in [0.15, 0.2) is 48.8 Å². The quantitative estimate of drug-likeness (QED) is 0.193. The van der Waals surface area contributed by atoms with E-state index in [0.29, 0.717) is 37.2 Å². The molecule has 1 heterocycles. The minimum atomic E-state index is -0.107. The van der Waals surface area contributed by atoms with E-state index in [4.69, 9.17) is 18.9 Å². The van der Waals surface area contributed by atoms with E-state index in [9.17, 15) is 4.79 Å². The second kappa shape index (κ2) is 11.8. The highest BCUT2D eigenvalue weighted by atomic mass is 16.7. The second-order valence-electron chi connectivity index (χ2n) is 9.13. The summed E-state index contributed by atoms with van der Waals surface area (Å²) < 4.78 is 23.2. The van der Waals surface area contributed by atoms with Crippen molar-refractivity contribution in [3.63, 3.8) is 0 Å². The Morgan fingerprint density at radius 3 is 2.52 bits per heavy atom. The van der Waals surface area contributed by atoms with E-state index >= 15 is 0 Å². The lowest BCUT2D eigenvalue weighted by Gasteiger charge is -2.42. The van der Waals surface area contributed by atoms with Crippen molar-refractivity contribution in [1.82, 2.24) is 4.90 Å². The van der Waals surface area contributed by atoms with Crippen molar-refractivity contribution in [3.8, 4) is 5.75 Å². The van der Waals surface area contributed by atoms with Gasteiger partial charge in [-0.2, -0.15) is 0 Å². The summed E-state index contributed by atoms with van der Waals surface area (Å²) in [4.78, 5) is 15.1. The van der Waals surface area contributed by atoms with Gasteiger partial charge >= 0.3 is 0 Å². The van der Waals surface area contributed by atoms with Gasteiger partial charge in [0.2, 0.25) is 0 Å². The van der Waals surface area contributed by atoms with Gasteiger partial charge < -0.3 is 23.8 Å². The average molecular weight is 456 g/mol. The highest BCUT2D eigenvalue weighted by molar-refractivity contribution is 5.92. The van der Waals surface area contributed by atoms with Gasteiger partial charge in [0.05, 0.1) is 19.3 Å². The number of nitrogens with zero attached hydrogens (tertiary/aromatic N) is 1. The van der Waals surface area contributed by atoms with E-state index in [-0.39, 0.29) is 24.3 Å². The second-order valence-corrected chi connectivity index (χ2v) is 9.13. The zero-order valence-corrected chi connectivity index (χ0v) is 19.7.